The molecule has 1 aliphatic heterocycles. The number of rotatable bonds is 3. The van der Waals surface area contributed by atoms with Gasteiger partial charge in [0.2, 0.25) is 0 Å². The number of nitrogens with one attached hydrogen (secondary N) is 1. The van der Waals surface area contributed by atoms with Crippen molar-refractivity contribution < 1.29 is 14.3 Å². The van der Waals surface area contributed by atoms with Gasteiger partial charge in [0.15, 0.2) is 0 Å². The van der Waals surface area contributed by atoms with Crippen LogP contribution in [0.2, 0.25) is 0 Å². The largest absolute Gasteiger partial charge is 0.507 e. The van der Waals surface area contributed by atoms with Crippen LogP contribution in [0.1, 0.15) is 30.1 Å². The first kappa shape index (κ1) is 13.8. The zero-order valence-corrected chi connectivity index (χ0v) is 11.0. The van der Waals surface area contributed by atoms with Gasteiger partial charge in [0.05, 0.1) is 0 Å². The van der Waals surface area contributed by atoms with Crippen molar-refractivity contribution >= 4 is 5.91 Å². The van der Waals surface area contributed by atoms with Crippen molar-refractivity contribution in [3.05, 3.63) is 29.6 Å². The third-order valence-corrected chi connectivity index (χ3v) is 3.56. The second kappa shape index (κ2) is 6.02. The average Bonchev–Trinajstić information content (AvgIpc) is 2.40. The van der Waals surface area contributed by atoms with E-state index in [2.05, 4.69) is 5.32 Å². The Bertz CT molecular complexity index is 439. The lowest BCUT2D eigenvalue weighted by molar-refractivity contribution is 0.0648. The third-order valence-electron chi connectivity index (χ3n) is 3.56. The molecule has 0 aromatic heterocycles. The van der Waals surface area contributed by atoms with Crippen LogP contribution in [0.15, 0.2) is 18.2 Å². The van der Waals surface area contributed by atoms with E-state index in [-0.39, 0.29) is 17.4 Å². The van der Waals surface area contributed by atoms with E-state index < -0.39 is 11.7 Å². The monoisotopic (exact) mass is 266 g/mol. The highest BCUT2D eigenvalue weighted by Crippen LogP contribution is 2.24. The molecule has 0 unspecified atom stereocenters. The number of aromatic hydroxyl groups is 1. The van der Waals surface area contributed by atoms with Gasteiger partial charge in [-0.3, -0.25) is 4.79 Å². The summed E-state index contributed by atoms with van der Waals surface area (Å²) in [6, 6.07) is 4.04. The lowest BCUT2D eigenvalue weighted by Gasteiger charge is -2.34. The van der Waals surface area contributed by atoms with Crippen LogP contribution in [0.25, 0.3) is 0 Å². The Hall–Kier alpha value is -1.62. The fourth-order valence-electron chi connectivity index (χ4n) is 2.55. The molecule has 0 spiro atoms. The molecule has 2 rings (SSSR count). The van der Waals surface area contributed by atoms with Crippen LogP contribution in [0, 0.1) is 5.82 Å². The number of carbonyl (C=O) groups excluding carboxylic acids is 1. The number of hydrogen-bond donors (Lipinski definition) is 2. The summed E-state index contributed by atoms with van der Waals surface area (Å²) in [6.45, 7) is 4.10. The van der Waals surface area contributed by atoms with Crippen LogP contribution in [-0.4, -0.2) is 41.6 Å². The summed E-state index contributed by atoms with van der Waals surface area (Å²) in [7, 11) is 0. The minimum atomic E-state index is -0.669. The summed E-state index contributed by atoms with van der Waals surface area (Å²) >= 11 is 0. The van der Waals surface area contributed by atoms with E-state index in [1.165, 1.54) is 18.2 Å². The maximum atomic E-state index is 13.7. The number of phenolic OH excluding ortho intramolecular Hbond substituents is 1. The quantitative estimate of drug-likeness (QED) is 0.876. The fraction of sp³-hybridized carbons (Fsp3) is 0.500. The number of hydrogen-bond acceptors (Lipinski definition) is 3. The second-order valence-electron chi connectivity index (χ2n) is 4.71. The average molecular weight is 266 g/mol. The summed E-state index contributed by atoms with van der Waals surface area (Å²) in [4.78, 5) is 14.1. The van der Waals surface area contributed by atoms with Gasteiger partial charge in [0, 0.05) is 12.6 Å². The zero-order chi connectivity index (χ0) is 13.8. The number of carbonyl (C=O) groups is 1. The third kappa shape index (κ3) is 2.87. The topological polar surface area (TPSA) is 52.6 Å². The Kier molecular flexibility index (Phi) is 4.37. The molecule has 19 heavy (non-hydrogen) atoms. The summed E-state index contributed by atoms with van der Waals surface area (Å²) in [5.74, 6) is -1.39. The Labute approximate surface area is 112 Å². The Balaban J connectivity index is 2.25. The predicted molar refractivity (Wildman–Crippen MR) is 70.7 cm³/mol. The molecular weight excluding hydrogens is 247 g/mol. The normalized spacial score (nSPS) is 16.3. The SMILES string of the molecule is CCN(C(=O)c1c(O)cccc1F)C1CCNCC1. The van der Waals surface area contributed by atoms with Gasteiger partial charge >= 0.3 is 0 Å². The van der Waals surface area contributed by atoms with E-state index in [4.69, 9.17) is 0 Å². The molecule has 1 amide bonds. The second-order valence-corrected chi connectivity index (χ2v) is 4.71. The van der Waals surface area contributed by atoms with Gasteiger partial charge in [-0.2, -0.15) is 0 Å². The number of nitrogens with zero attached hydrogens (tertiary/aromatic N) is 1. The zero-order valence-electron chi connectivity index (χ0n) is 11.0. The maximum Gasteiger partial charge on any atom is 0.260 e. The van der Waals surface area contributed by atoms with E-state index in [1.807, 2.05) is 6.92 Å². The summed E-state index contributed by atoms with van der Waals surface area (Å²) in [6.07, 6.45) is 1.71. The molecule has 5 heteroatoms. The van der Waals surface area contributed by atoms with Crippen molar-refractivity contribution in [1.82, 2.24) is 10.2 Å². The number of phenols is 1. The van der Waals surface area contributed by atoms with Crippen LogP contribution in [0.4, 0.5) is 4.39 Å². The summed E-state index contributed by atoms with van der Waals surface area (Å²) in [5.41, 5.74) is -0.220. The van der Waals surface area contributed by atoms with Gasteiger partial charge < -0.3 is 15.3 Å². The Morgan fingerprint density at radius 2 is 2.16 bits per heavy atom. The van der Waals surface area contributed by atoms with Gasteiger partial charge in [-0.1, -0.05) is 6.07 Å². The van der Waals surface area contributed by atoms with Gasteiger partial charge in [-0.15, -0.1) is 0 Å². The summed E-state index contributed by atoms with van der Waals surface area (Å²) < 4.78 is 13.7. The van der Waals surface area contributed by atoms with Crippen molar-refractivity contribution in [2.24, 2.45) is 0 Å². The lowest BCUT2D eigenvalue weighted by Crippen LogP contribution is -2.46. The number of benzene rings is 1. The van der Waals surface area contributed by atoms with Crippen LogP contribution in [-0.2, 0) is 0 Å². The molecular formula is C14H19FN2O2. The molecule has 1 aromatic carbocycles. The van der Waals surface area contributed by atoms with Crippen LogP contribution < -0.4 is 5.32 Å². The highest BCUT2D eigenvalue weighted by molar-refractivity contribution is 5.97. The molecule has 0 radical (unpaired) electrons. The van der Waals surface area contributed by atoms with Crippen molar-refractivity contribution in [3.8, 4) is 5.75 Å². The first-order valence-electron chi connectivity index (χ1n) is 6.64. The number of halogens is 1. The molecule has 2 N–H and O–H groups in total. The van der Waals surface area contributed by atoms with Gasteiger partial charge in [0.1, 0.15) is 17.1 Å². The molecule has 1 aliphatic rings. The molecule has 1 saturated heterocycles. The molecule has 104 valence electrons. The van der Waals surface area contributed by atoms with Gasteiger partial charge in [-0.25, -0.2) is 4.39 Å². The first-order chi connectivity index (χ1) is 9.15. The summed E-state index contributed by atoms with van der Waals surface area (Å²) in [5, 5.41) is 12.9. The highest BCUT2D eigenvalue weighted by Gasteiger charge is 2.28. The highest BCUT2D eigenvalue weighted by atomic mass is 19.1. The molecule has 0 saturated carbocycles. The van der Waals surface area contributed by atoms with E-state index in [0.717, 1.165) is 25.9 Å². The van der Waals surface area contributed by atoms with Crippen molar-refractivity contribution in [3.63, 3.8) is 0 Å². The Morgan fingerprint density at radius 3 is 2.74 bits per heavy atom. The minimum Gasteiger partial charge on any atom is -0.507 e. The van der Waals surface area contributed by atoms with E-state index >= 15 is 0 Å². The first-order valence-corrected chi connectivity index (χ1v) is 6.64. The van der Waals surface area contributed by atoms with Crippen LogP contribution >= 0.6 is 0 Å². The van der Waals surface area contributed by atoms with Crippen LogP contribution in [0.5, 0.6) is 5.75 Å². The molecule has 0 bridgehead atoms. The molecule has 0 atom stereocenters. The van der Waals surface area contributed by atoms with Crippen molar-refractivity contribution in [1.29, 1.82) is 0 Å². The number of amides is 1. The van der Waals surface area contributed by atoms with E-state index in [9.17, 15) is 14.3 Å². The van der Waals surface area contributed by atoms with Crippen molar-refractivity contribution in [2.45, 2.75) is 25.8 Å². The predicted octanol–water partition coefficient (Wildman–Crippen LogP) is 1.75. The van der Waals surface area contributed by atoms with Gasteiger partial charge in [0.25, 0.3) is 5.91 Å². The maximum absolute atomic E-state index is 13.7. The van der Waals surface area contributed by atoms with Gasteiger partial charge in [-0.05, 0) is 45.0 Å². The fourth-order valence-corrected chi connectivity index (χ4v) is 2.55. The lowest BCUT2D eigenvalue weighted by atomic mass is 10.0. The van der Waals surface area contributed by atoms with Crippen molar-refractivity contribution in [2.75, 3.05) is 19.6 Å². The molecule has 1 aromatic rings. The standard InChI is InChI=1S/C14H19FN2O2/c1-2-17(10-6-8-16-9-7-10)14(19)13-11(15)4-3-5-12(13)18/h3-5,10,16,18H,2,6-9H2,1H3. The smallest absolute Gasteiger partial charge is 0.260 e. The molecule has 1 fully saturated rings. The Morgan fingerprint density at radius 1 is 1.47 bits per heavy atom. The number of piperidine rings is 1. The van der Waals surface area contributed by atoms with E-state index in [1.54, 1.807) is 4.90 Å². The van der Waals surface area contributed by atoms with E-state index in [0.29, 0.717) is 6.54 Å². The molecule has 1 heterocycles. The molecule has 0 aliphatic carbocycles. The molecule has 4 nitrogen and oxygen atoms in total. The minimum absolute atomic E-state index is 0.109. The van der Waals surface area contributed by atoms with Crippen LogP contribution in [0.3, 0.4) is 0 Å².